The van der Waals surface area contributed by atoms with Crippen LogP contribution in [0.1, 0.15) is 425 Å². The van der Waals surface area contributed by atoms with E-state index in [2.05, 4.69) is 43.5 Å². The minimum absolute atomic E-state index is 0.0220. The fraction of sp³-hybridized carbons (Fsp3) is 0.897. The molecule has 0 bridgehead atoms. The van der Waals surface area contributed by atoms with Crippen LogP contribution in [-0.2, 0) is 14.3 Å². The first-order chi connectivity index (χ1) is 41.5. The maximum Gasteiger partial charge on any atom is 0.305 e. The van der Waals surface area contributed by atoms with E-state index in [1.807, 2.05) is 6.08 Å². The Morgan fingerprint density at radius 2 is 0.595 bits per heavy atom. The summed E-state index contributed by atoms with van der Waals surface area (Å²) in [6.45, 7) is 4.94. The summed E-state index contributed by atoms with van der Waals surface area (Å²) in [6, 6.07) is -0.626. The lowest BCUT2D eigenvalue weighted by molar-refractivity contribution is -0.143. The summed E-state index contributed by atoms with van der Waals surface area (Å²) in [6.07, 6.45) is 95.5. The zero-order valence-electron chi connectivity index (χ0n) is 56.9. The van der Waals surface area contributed by atoms with Gasteiger partial charge in [-0.15, -0.1) is 0 Å². The molecular weight excluding hydrogens is 1030 g/mol. The fourth-order valence-electron chi connectivity index (χ4n) is 12.1. The van der Waals surface area contributed by atoms with Gasteiger partial charge in [-0.05, 0) is 64.2 Å². The van der Waals surface area contributed by atoms with E-state index in [9.17, 15) is 19.8 Å². The van der Waals surface area contributed by atoms with Crippen molar-refractivity contribution in [1.29, 1.82) is 0 Å². The van der Waals surface area contributed by atoms with Crippen molar-refractivity contribution in [3.63, 3.8) is 0 Å². The summed E-state index contributed by atoms with van der Waals surface area (Å²) in [5.41, 5.74) is 0. The first-order valence-electron chi connectivity index (χ1n) is 38.3. The molecule has 0 aliphatic heterocycles. The number of amides is 1. The van der Waals surface area contributed by atoms with Crippen LogP contribution in [-0.4, -0.2) is 47.4 Å². The van der Waals surface area contributed by atoms with Gasteiger partial charge in [-0.2, -0.15) is 0 Å². The highest BCUT2D eigenvalue weighted by atomic mass is 16.5. The van der Waals surface area contributed by atoms with Gasteiger partial charge in [-0.1, -0.05) is 384 Å². The molecule has 0 aliphatic rings. The van der Waals surface area contributed by atoms with Crippen molar-refractivity contribution < 1.29 is 24.5 Å². The zero-order chi connectivity index (χ0) is 60.6. The lowest BCUT2D eigenvalue weighted by atomic mass is 10.0. The lowest BCUT2D eigenvalue weighted by Crippen LogP contribution is -2.45. The summed E-state index contributed by atoms with van der Waals surface area (Å²) in [7, 11) is 0. The number of esters is 1. The predicted molar refractivity (Wildman–Crippen MR) is 370 cm³/mol. The normalized spacial score (nSPS) is 12.7. The van der Waals surface area contributed by atoms with Crippen molar-refractivity contribution >= 4 is 11.9 Å². The van der Waals surface area contributed by atoms with Gasteiger partial charge >= 0.3 is 5.97 Å². The van der Waals surface area contributed by atoms with E-state index >= 15 is 0 Å². The predicted octanol–water partition coefficient (Wildman–Crippen LogP) is 25.0. The Kier molecular flexibility index (Phi) is 71.9. The van der Waals surface area contributed by atoms with Crippen LogP contribution in [0.4, 0.5) is 0 Å². The smallest absolute Gasteiger partial charge is 0.305 e. The molecule has 0 saturated carbocycles. The Bertz CT molecular complexity index is 1360. The number of aliphatic hydroxyl groups is 2. The van der Waals surface area contributed by atoms with Gasteiger partial charge in [0.05, 0.1) is 25.4 Å². The number of allylic oxidation sites excluding steroid dienone is 5. The van der Waals surface area contributed by atoms with Gasteiger partial charge in [-0.3, -0.25) is 9.59 Å². The molecule has 0 fully saturated rings. The second kappa shape index (κ2) is 73.5. The van der Waals surface area contributed by atoms with Crippen LogP contribution in [0.25, 0.3) is 0 Å². The van der Waals surface area contributed by atoms with Crippen molar-refractivity contribution in [2.45, 2.75) is 437 Å². The van der Waals surface area contributed by atoms with Crippen molar-refractivity contribution in [2.75, 3.05) is 13.2 Å². The molecule has 3 N–H and O–H groups in total. The molecule has 84 heavy (non-hydrogen) atoms. The van der Waals surface area contributed by atoms with E-state index in [0.717, 1.165) is 44.9 Å². The third-order valence-corrected chi connectivity index (χ3v) is 17.9. The SMILES string of the molecule is CCCCCCCCCCCCCCC/C=C/C(O)C(CO)NC(=O)CCCCCCCCCCCCCCCCCCC/C=C\C/C=C\CCCCCCCCCCCCCCCOC(=O)CCCCCCCCCCCCCCCCC. The average molecular weight is 1180 g/mol. The molecule has 0 spiro atoms. The van der Waals surface area contributed by atoms with Crippen LogP contribution in [0, 0.1) is 0 Å². The van der Waals surface area contributed by atoms with E-state index in [1.54, 1.807) is 6.08 Å². The summed E-state index contributed by atoms with van der Waals surface area (Å²) >= 11 is 0. The van der Waals surface area contributed by atoms with Crippen LogP contribution in [0.3, 0.4) is 0 Å². The Balaban J connectivity index is 3.36. The van der Waals surface area contributed by atoms with Crippen molar-refractivity contribution in [1.82, 2.24) is 5.32 Å². The van der Waals surface area contributed by atoms with Crippen LogP contribution in [0.15, 0.2) is 36.5 Å². The van der Waals surface area contributed by atoms with Gasteiger partial charge in [0.2, 0.25) is 5.91 Å². The molecule has 0 aliphatic carbocycles. The third kappa shape index (κ3) is 69.2. The molecule has 0 aromatic rings. The van der Waals surface area contributed by atoms with Gasteiger partial charge < -0.3 is 20.3 Å². The molecule has 0 radical (unpaired) electrons. The van der Waals surface area contributed by atoms with Gasteiger partial charge in [0, 0.05) is 12.8 Å². The van der Waals surface area contributed by atoms with E-state index < -0.39 is 12.1 Å². The quantitative estimate of drug-likeness (QED) is 0.0320. The van der Waals surface area contributed by atoms with Crippen molar-refractivity contribution in [3.05, 3.63) is 36.5 Å². The van der Waals surface area contributed by atoms with Gasteiger partial charge in [0.1, 0.15) is 0 Å². The molecule has 6 heteroatoms. The molecule has 6 nitrogen and oxygen atoms in total. The van der Waals surface area contributed by atoms with E-state index in [-0.39, 0.29) is 18.5 Å². The minimum Gasteiger partial charge on any atom is -0.466 e. The number of hydrogen-bond acceptors (Lipinski definition) is 5. The molecule has 0 aromatic heterocycles. The van der Waals surface area contributed by atoms with Gasteiger partial charge in [0.25, 0.3) is 0 Å². The summed E-state index contributed by atoms with van der Waals surface area (Å²) in [4.78, 5) is 24.6. The molecule has 0 heterocycles. The molecule has 496 valence electrons. The maximum atomic E-state index is 12.5. The first kappa shape index (κ1) is 82.1. The fourth-order valence-corrected chi connectivity index (χ4v) is 12.1. The van der Waals surface area contributed by atoms with E-state index in [1.165, 1.54) is 353 Å². The Labute approximate surface area is 525 Å². The Morgan fingerprint density at radius 3 is 0.905 bits per heavy atom. The molecular formula is C78H149NO5. The highest BCUT2D eigenvalue weighted by molar-refractivity contribution is 5.76. The largest absolute Gasteiger partial charge is 0.466 e. The number of unbranched alkanes of at least 4 members (excludes halogenated alkanes) is 57. The van der Waals surface area contributed by atoms with Gasteiger partial charge in [0.15, 0.2) is 0 Å². The number of carbonyl (C=O) groups excluding carboxylic acids is 2. The number of nitrogens with one attached hydrogen (secondary N) is 1. The van der Waals surface area contributed by atoms with Crippen molar-refractivity contribution in [3.8, 4) is 0 Å². The number of carbonyl (C=O) groups is 2. The average Bonchev–Trinajstić information content (AvgIpc) is 3.53. The monoisotopic (exact) mass is 1180 g/mol. The van der Waals surface area contributed by atoms with Crippen LogP contribution >= 0.6 is 0 Å². The lowest BCUT2D eigenvalue weighted by Gasteiger charge is -2.20. The number of ether oxygens (including phenoxy) is 1. The van der Waals surface area contributed by atoms with E-state index in [0.29, 0.717) is 19.4 Å². The second-order valence-electron chi connectivity index (χ2n) is 26.3. The third-order valence-electron chi connectivity index (χ3n) is 17.9. The number of rotatable bonds is 72. The Morgan fingerprint density at radius 1 is 0.333 bits per heavy atom. The van der Waals surface area contributed by atoms with Crippen LogP contribution in [0.2, 0.25) is 0 Å². The molecule has 2 atom stereocenters. The Hall–Kier alpha value is -1.92. The molecule has 2 unspecified atom stereocenters. The van der Waals surface area contributed by atoms with Crippen LogP contribution < -0.4 is 5.32 Å². The van der Waals surface area contributed by atoms with E-state index in [4.69, 9.17) is 4.74 Å². The topological polar surface area (TPSA) is 95.9 Å². The summed E-state index contributed by atoms with van der Waals surface area (Å²) in [5.74, 6) is -0.0407. The standard InChI is InChI=1S/C78H149NO5/c1-3-5-7-9-11-13-15-17-42-46-50-54-58-62-66-70-76(81)75(74-80)79-77(82)71-67-63-59-55-51-47-44-40-38-36-34-32-30-28-26-24-22-20-19-21-23-25-27-29-31-33-35-37-39-41-45-49-53-57-61-65-69-73-84-78(83)72-68-64-60-56-52-48-43-18-16-14-12-10-8-6-4-2/h19,21,25,27,66,70,75-76,80-81H,3-18,20,22-24,26,28-65,67-69,71-74H2,1-2H3,(H,79,82)/b21-19-,27-25-,70-66+. The molecule has 0 rings (SSSR count). The highest BCUT2D eigenvalue weighted by Gasteiger charge is 2.18. The minimum atomic E-state index is -0.842. The zero-order valence-corrected chi connectivity index (χ0v) is 56.9. The molecule has 1 amide bonds. The number of aliphatic hydroxyl groups excluding tert-OH is 2. The molecule has 0 aromatic carbocycles. The second-order valence-corrected chi connectivity index (χ2v) is 26.3. The van der Waals surface area contributed by atoms with Crippen LogP contribution in [0.5, 0.6) is 0 Å². The maximum absolute atomic E-state index is 12.5. The van der Waals surface area contributed by atoms with Crippen molar-refractivity contribution in [2.24, 2.45) is 0 Å². The van der Waals surface area contributed by atoms with Gasteiger partial charge in [-0.25, -0.2) is 0 Å². The number of hydrogen-bond donors (Lipinski definition) is 3. The first-order valence-corrected chi connectivity index (χ1v) is 38.3. The molecule has 0 saturated heterocycles. The summed E-state index contributed by atoms with van der Waals surface area (Å²) < 4.78 is 5.50. The summed E-state index contributed by atoms with van der Waals surface area (Å²) in [5, 5.41) is 23.2. The highest BCUT2D eigenvalue weighted by Crippen LogP contribution is 2.19.